The minimum Gasteiger partial charge on any atom is -0.494 e. The first-order valence-corrected chi connectivity index (χ1v) is 8.31. The highest BCUT2D eigenvalue weighted by Gasteiger charge is 2.03. The van der Waals surface area contributed by atoms with Crippen LogP contribution in [0.25, 0.3) is 0 Å². The highest BCUT2D eigenvalue weighted by atomic mass is 16.5. The molecule has 1 heterocycles. The molecule has 0 radical (unpaired) electrons. The van der Waals surface area contributed by atoms with Crippen molar-refractivity contribution in [1.29, 1.82) is 0 Å². The van der Waals surface area contributed by atoms with Crippen molar-refractivity contribution in [1.82, 2.24) is 9.97 Å². The summed E-state index contributed by atoms with van der Waals surface area (Å²) >= 11 is 0. The number of benzene rings is 2. The number of ether oxygens (including phenoxy) is 1. The number of aromatic nitrogens is 2. The molecule has 5 heteroatoms. The third-order valence-corrected chi connectivity index (χ3v) is 3.86. The highest BCUT2D eigenvalue weighted by molar-refractivity contribution is 5.60. The van der Waals surface area contributed by atoms with Crippen LogP contribution in [-0.2, 0) is 0 Å². The summed E-state index contributed by atoms with van der Waals surface area (Å²) < 4.78 is 5.45. The monoisotopic (exact) mass is 334 g/mol. The zero-order valence-electron chi connectivity index (χ0n) is 14.7. The summed E-state index contributed by atoms with van der Waals surface area (Å²) in [5.41, 5.74) is 4.41. The number of hydrogen-bond donors (Lipinski definition) is 2. The summed E-state index contributed by atoms with van der Waals surface area (Å²) in [7, 11) is 0. The zero-order valence-corrected chi connectivity index (χ0v) is 14.7. The lowest BCUT2D eigenvalue weighted by Gasteiger charge is -2.10. The average Bonchev–Trinajstić information content (AvgIpc) is 2.61. The number of nitrogens with zero attached hydrogens (tertiary/aromatic N) is 2. The lowest BCUT2D eigenvalue weighted by molar-refractivity contribution is 0.340. The molecular weight excluding hydrogens is 312 g/mol. The fourth-order valence-corrected chi connectivity index (χ4v) is 2.39. The summed E-state index contributed by atoms with van der Waals surface area (Å²) in [6, 6.07) is 15.8. The SMILES string of the molecule is CCOc1ccc(Nc2ccnc(Nc3ccc(C)c(C)c3)n2)cc1. The number of hydrogen-bond acceptors (Lipinski definition) is 5. The second-order valence-electron chi connectivity index (χ2n) is 5.77. The Morgan fingerprint density at radius 2 is 1.64 bits per heavy atom. The van der Waals surface area contributed by atoms with Crippen molar-refractivity contribution in [2.45, 2.75) is 20.8 Å². The van der Waals surface area contributed by atoms with E-state index < -0.39 is 0 Å². The van der Waals surface area contributed by atoms with Crippen molar-refractivity contribution in [3.8, 4) is 5.75 Å². The normalized spacial score (nSPS) is 10.4. The van der Waals surface area contributed by atoms with Gasteiger partial charge in [-0.15, -0.1) is 0 Å². The molecule has 0 atom stereocenters. The topological polar surface area (TPSA) is 59.1 Å². The van der Waals surface area contributed by atoms with Crippen LogP contribution in [0.1, 0.15) is 18.1 Å². The molecule has 0 unspecified atom stereocenters. The van der Waals surface area contributed by atoms with Crippen molar-refractivity contribution in [2.75, 3.05) is 17.2 Å². The van der Waals surface area contributed by atoms with Gasteiger partial charge in [0.2, 0.25) is 5.95 Å². The largest absolute Gasteiger partial charge is 0.494 e. The van der Waals surface area contributed by atoms with Crippen LogP contribution < -0.4 is 15.4 Å². The number of rotatable bonds is 6. The Bertz CT molecular complexity index is 847. The number of aryl methyl sites for hydroxylation is 2. The molecule has 0 spiro atoms. The van der Waals surface area contributed by atoms with Crippen molar-refractivity contribution in [3.63, 3.8) is 0 Å². The van der Waals surface area contributed by atoms with E-state index in [0.717, 1.165) is 22.9 Å². The lowest BCUT2D eigenvalue weighted by Crippen LogP contribution is -2.01. The van der Waals surface area contributed by atoms with Crippen LogP contribution in [0, 0.1) is 13.8 Å². The first-order valence-electron chi connectivity index (χ1n) is 8.31. The van der Waals surface area contributed by atoms with Crippen LogP contribution in [0.2, 0.25) is 0 Å². The van der Waals surface area contributed by atoms with Gasteiger partial charge in [0, 0.05) is 17.6 Å². The number of anilines is 4. The Morgan fingerprint density at radius 1 is 0.880 bits per heavy atom. The maximum Gasteiger partial charge on any atom is 0.229 e. The van der Waals surface area contributed by atoms with Gasteiger partial charge in [0.25, 0.3) is 0 Å². The Kier molecular flexibility index (Phi) is 5.14. The molecular formula is C20H22N4O. The molecule has 2 aromatic carbocycles. The van der Waals surface area contributed by atoms with Gasteiger partial charge >= 0.3 is 0 Å². The van der Waals surface area contributed by atoms with Gasteiger partial charge in [0.05, 0.1) is 6.61 Å². The third kappa shape index (κ3) is 4.47. The molecule has 3 rings (SSSR count). The molecule has 1 aromatic heterocycles. The van der Waals surface area contributed by atoms with Crippen molar-refractivity contribution in [3.05, 3.63) is 65.9 Å². The highest BCUT2D eigenvalue weighted by Crippen LogP contribution is 2.21. The predicted molar refractivity (Wildman–Crippen MR) is 102 cm³/mol. The van der Waals surface area contributed by atoms with E-state index in [1.807, 2.05) is 43.3 Å². The molecule has 0 amide bonds. The van der Waals surface area contributed by atoms with E-state index >= 15 is 0 Å². The molecule has 3 aromatic rings. The Hall–Kier alpha value is -3.08. The van der Waals surface area contributed by atoms with Gasteiger partial charge in [-0.2, -0.15) is 4.98 Å². The smallest absolute Gasteiger partial charge is 0.229 e. The van der Waals surface area contributed by atoms with Crippen LogP contribution in [0.4, 0.5) is 23.1 Å². The van der Waals surface area contributed by atoms with E-state index in [0.29, 0.717) is 12.6 Å². The quantitative estimate of drug-likeness (QED) is 0.666. The summed E-state index contributed by atoms with van der Waals surface area (Å²) in [6.07, 6.45) is 1.73. The summed E-state index contributed by atoms with van der Waals surface area (Å²) in [6.45, 7) is 6.81. The van der Waals surface area contributed by atoms with Crippen LogP contribution >= 0.6 is 0 Å². The fraction of sp³-hybridized carbons (Fsp3) is 0.200. The van der Waals surface area contributed by atoms with Crippen molar-refractivity contribution >= 4 is 23.1 Å². The molecule has 0 aliphatic rings. The van der Waals surface area contributed by atoms with Crippen LogP contribution in [0.5, 0.6) is 5.75 Å². The molecule has 2 N–H and O–H groups in total. The van der Waals surface area contributed by atoms with Gasteiger partial charge in [-0.3, -0.25) is 0 Å². The van der Waals surface area contributed by atoms with E-state index in [9.17, 15) is 0 Å². The number of nitrogens with one attached hydrogen (secondary N) is 2. The van der Waals surface area contributed by atoms with E-state index in [4.69, 9.17) is 4.74 Å². The minimum atomic E-state index is 0.555. The second kappa shape index (κ2) is 7.66. The third-order valence-electron chi connectivity index (χ3n) is 3.86. The Labute approximate surface area is 148 Å². The molecule has 0 aliphatic heterocycles. The van der Waals surface area contributed by atoms with E-state index in [-0.39, 0.29) is 0 Å². The fourth-order valence-electron chi connectivity index (χ4n) is 2.39. The molecule has 0 saturated heterocycles. The molecule has 0 bridgehead atoms. The summed E-state index contributed by atoms with van der Waals surface area (Å²) in [5, 5.41) is 6.51. The van der Waals surface area contributed by atoms with Crippen molar-refractivity contribution in [2.24, 2.45) is 0 Å². The van der Waals surface area contributed by atoms with Gasteiger partial charge in [0.15, 0.2) is 0 Å². The van der Waals surface area contributed by atoms with Crippen LogP contribution in [0.15, 0.2) is 54.7 Å². The van der Waals surface area contributed by atoms with Gasteiger partial charge in [0.1, 0.15) is 11.6 Å². The average molecular weight is 334 g/mol. The molecule has 5 nitrogen and oxygen atoms in total. The first-order chi connectivity index (χ1) is 12.1. The predicted octanol–water partition coefficient (Wildman–Crippen LogP) is 4.98. The van der Waals surface area contributed by atoms with Gasteiger partial charge in [-0.25, -0.2) is 4.98 Å². The first kappa shape index (κ1) is 16.8. The van der Waals surface area contributed by atoms with Crippen LogP contribution in [0.3, 0.4) is 0 Å². The Morgan fingerprint density at radius 3 is 2.36 bits per heavy atom. The van der Waals surface area contributed by atoms with E-state index in [1.165, 1.54) is 11.1 Å². The van der Waals surface area contributed by atoms with Crippen LogP contribution in [-0.4, -0.2) is 16.6 Å². The maximum atomic E-state index is 5.45. The van der Waals surface area contributed by atoms with Gasteiger partial charge in [-0.1, -0.05) is 6.07 Å². The van der Waals surface area contributed by atoms with Crippen molar-refractivity contribution < 1.29 is 4.74 Å². The zero-order chi connectivity index (χ0) is 17.6. The maximum absolute atomic E-state index is 5.45. The molecule has 0 saturated carbocycles. The van der Waals surface area contributed by atoms with E-state index in [1.54, 1.807) is 6.20 Å². The lowest BCUT2D eigenvalue weighted by atomic mass is 10.1. The van der Waals surface area contributed by atoms with Gasteiger partial charge in [-0.05, 0) is 74.4 Å². The molecule has 128 valence electrons. The second-order valence-corrected chi connectivity index (χ2v) is 5.77. The minimum absolute atomic E-state index is 0.555. The molecule has 25 heavy (non-hydrogen) atoms. The standard InChI is InChI=1S/C20H22N4O/c1-4-25-18-9-7-16(8-10-18)22-19-11-12-21-20(24-19)23-17-6-5-14(2)15(3)13-17/h5-13H,4H2,1-3H3,(H2,21,22,23,24). The molecule has 0 fully saturated rings. The Balaban J connectivity index is 1.71. The summed E-state index contributed by atoms with van der Waals surface area (Å²) in [5.74, 6) is 2.14. The van der Waals surface area contributed by atoms with Gasteiger partial charge < -0.3 is 15.4 Å². The molecule has 0 aliphatic carbocycles. The summed E-state index contributed by atoms with van der Waals surface area (Å²) in [4.78, 5) is 8.79. The van der Waals surface area contributed by atoms with E-state index in [2.05, 4.69) is 46.6 Å².